The van der Waals surface area contributed by atoms with Gasteiger partial charge in [0.25, 0.3) is 0 Å². The number of nitrogens with zero attached hydrogens (tertiary/aromatic N) is 3. The van der Waals surface area contributed by atoms with Crippen LogP contribution in [-0.2, 0) is 6.54 Å². The number of rotatable bonds is 4. The number of hydrogen-bond acceptors (Lipinski definition) is 3. The van der Waals surface area contributed by atoms with Crippen molar-refractivity contribution in [1.82, 2.24) is 14.5 Å². The standard InChI is InChI=1S/C15H14N4/c1-2-7-15(19-10-9-16-12-19)14(6-1)18-11-13-5-3-4-8-17-13/h1-10,12,18H,11H2. The van der Waals surface area contributed by atoms with Gasteiger partial charge < -0.3 is 9.88 Å². The zero-order chi connectivity index (χ0) is 12.9. The normalized spacial score (nSPS) is 10.3. The van der Waals surface area contributed by atoms with Crippen LogP contribution < -0.4 is 5.32 Å². The van der Waals surface area contributed by atoms with Crippen molar-refractivity contribution in [3.8, 4) is 5.69 Å². The molecule has 0 amide bonds. The van der Waals surface area contributed by atoms with Crippen LogP contribution in [0, 0.1) is 0 Å². The Morgan fingerprint density at radius 1 is 1.00 bits per heavy atom. The summed E-state index contributed by atoms with van der Waals surface area (Å²) >= 11 is 0. The molecule has 0 aliphatic heterocycles. The number of aromatic nitrogens is 3. The SMILES string of the molecule is c1ccc(CNc2ccccc2-n2ccnc2)nc1. The molecule has 0 radical (unpaired) electrons. The Kier molecular flexibility index (Phi) is 3.23. The van der Waals surface area contributed by atoms with Crippen LogP contribution in [-0.4, -0.2) is 14.5 Å². The second-order valence-electron chi connectivity index (χ2n) is 4.16. The lowest BCUT2D eigenvalue weighted by Crippen LogP contribution is -2.04. The van der Waals surface area contributed by atoms with E-state index in [-0.39, 0.29) is 0 Å². The molecular formula is C15H14N4. The summed E-state index contributed by atoms with van der Waals surface area (Å²) in [7, 11) is 0. The highest BCUT2D eigenvalue weighted by Gasteiger charge is 2.03. The predicted octanol–water partition coefficient (Wildman–Crippen LogP) is 2.88. The molecule has 2 heterocycles. The van der Waals surface area contributed by atoms with Crippen molar-refractivity contribution in [2.75, 3.05) is 5.32 Å². The third kappa shape index (κ3) is 2.63. The Bertz CT molecular complexity index is 632. The first-order valence-electron chi connectivity index (χ1n) is 6.14. The van der Waals surface area contributed by atoms with E-state index in [4.69, 9.17) is 0 Å². The summed E-state index contributed by atoms with van der Waals surface area (Å²) in [4.78, 5) is 8.39. The number of para-hydroxylation sites is 2. The fourth-order valence-electron chi connectivity index (χ4n) is 1.94. The Hall–Kier alpha value is -2.62. The van der Waals surface area contributed by atoms with Crippen LogP contribution in [0.15, 0.2) is 67.4 Å². The fraction of sp³-hybridized carbons (Fsp3) is 0.0667. The molecule has 0 unspecified atom stereocenters. The van der Waals surface area contributed by atoms with Crippen LogP contribution in [0.2, 0.25) is 0 Å². The third-order valence-corrected chi connectivity index (χ3v) is 2.87. The fourth-order valence-corrected chi connectivity index (χ4v) is 1.94. The van der Waals surface area contributed by atoms with E-state index in [0.717, 1.165) is 17.1 Å². The number of nitrogens with one attached hydrogen (secondary N) is 1. The van der Waals surface area contributed by atoms with Crippen LogP contribution in [0.4, 0.5) is 5.69 Å². The molecule has 0 atom stereocenters. The molecule has 94 valence electrons. The smallest absolute Gasteiger partial charge is 0.0992 e. The summed E-state index contributed by atoms with van der Waals surface area (Å²) in [6.45, 7) is 0.701. The molecule has 1 N–H and O–H groups in total. The summed E-state index contributed by atoms with van der Waals surface area (Å²) in [5.74, 6) is 0. The minimum Gasteiger partial charge on any atom is -0.378 e. The third-order valence-electron chi connectivity index (χ3n) is 2.87. The number of imidazole rings is 1. The maximum absolute atomic E-state index is 4.30. The van der Waals surface area contributed by atoms with Gasteiger partial charge in [0.2, 0.25) is 0 Å². The van der Waals surface area contributed by atoms with Gasteiger partial charge >= 0.3 is 0 Å². The number of anilines is 1. The Morgan fingerprint density at radius 3 is 2.68 bits per heavy atom. The first-order valence-corrected chi connectivity index (χ1v) is 6.14. The van der Waals surface area contributed by atoms with Gasteiger partial charge in [-0.2, -0.15) is 0 Å². The minimum absolute atomic E-state index is 0.701. The van der Waals surface area contributed by atoms with E-state index < -0.39 is 0 Å². The van der Waals surface area contributed by atoms with Crippen molar-refractivity contribution >= 4 is 5.69 Å². The average Bonchev–Trinajstić information content (AvgIpc) is 3.01. The van der Waals surface area contributed by atoms with Gasteiger partial charge in [-0.25, -0.2) is 4.98 Å². The van der Waals surface area contributed by atoms with E-state index in [2.05, 4.69) is 27.4 Å². The molecule has 0 fully saturated rings. The topological polar surface area (TPSA) is 42.7 Å². The van der Waals surface area contributed by atoms with E-state index in [9.17, 15) is 0 Å². The van der Waals surface area contributed by atoms with E-state index in [1.807, 2.05) is 41.1 Å². The van der Waals surface area contributed by atoms with Crippen molar-refractivity contribution in [2.45, 2.75) is 6.54 Å². The molecule has 0 spiro atoms. The first kappa shape index (κ1) is 11.5. The molecule has 0 saturated carbocycles. The van der Waals surface area contributed by atoms with Gasteiger partial charge in [0.1, 0.15) is 0 Å². The van der Waals surface area contributed by atoms with E-state index in [0.29, 0.717) is 6.54 Å². The molecule has 4 heteroatoms. The van der Waals surface area contributed by atoms with Crippen molar-refractivity contribution in [2.24, 2.45) is 0 Å². The predicted molar refractivity (Wildman–Crippen MR) is 75.1 cm³/mol. The summed E-state index contributed by atoms with van der Waals surface area (Å²) in [6.07, 6.45) is 7.30. The molecule has 0 saturated heterocycles. The summed E-state index contributed by atoms with van der Waals surface area (Å²) in [5.41, 5.74) is 3.16. The zero-order valence-corrected chi connectivity index (χ0v) is 10.4. The van der Waals surface area contributed by atoms with E-state index in [1.165, 1.54) is 0 Å². The van der Waals surface area contributed by atoms with Crippen LogP contribution in [0.25, 0.3) is 5.69 Å². The summed E-state index contributed by atoms with van der Waals surface area (Å²) in [5, 5.41) is 3.41. The molecule has 3 aromatic rings. The Balaban J connectivity index is 1.82. The van der Waals surface area contributed by atoms with Crippen LogP contribution in [0.1, 0.15) is 5.69 Å². The zero-order valence-electron chi connectivity index (χ0n) is 10.4. The van der Waals surface area contributed by atoms with Gasteiger partial charge in [-0.1, -0.05) is 18.2 Å². The number of pyridine rings is 1. The summed E-state index contributed by atoms with van der Waals surface area (Å²) < 4.78 is 1.99. The maximum Gasteiger partial charge on any atom is 0.0992 e. The Labute approximate surface area is 111 Å². The largest absolute Gasteiger partial charge is 0.378 e. The van der Waals surface area contributed by atoms with Crippen LogP contribution in [0.3, 0.4) is 0 Å². The highest BCUT2D eigenvalue weighted by molar-refractivity contribution is 5.60. The Morgan fingerprint density at radius 2 is 1.89 bits per heavy atom. The lowest BCUT2D eigenvalue weighted by molar-refractivity contribution is 1.02. The van der Waals surface area contributed by atoms with E-state index in [1.54, 1.807) is 18.7 Å². The molecule has 0 bridgehead atoms. The monoisotopic (exact) mass is 250 g/mol. The molecule has 4 nitrogen and oxygen atoms in total. The average molecular weight is 250 g/mol. The lowest BCUT2D eigenvalue weighted by atomic mass is 10.2. The lowest BCUT2D eigenvalue weighted by Gasteiger charge is -2.12. The quantitative estimate of drug-likeness (QED) is 0.774. The summed E-state index contributed by atoms with van der Waals surface area (Å²) in [6, 6.07) is 14.1. The van der Waals surface area contributed by atoms with Gasteiger partial charge in [0.15, 0.2) is 0 Å². The van der Waals surface area contributed by atoms with Gasteiger partial charge in [0, 0.05) is 18.6 Å². The van der Waals surface area contributed by atoms with Crippen LogP contribution in [0.5, 0.6) is 0 Å². The molecule has 0 aliphatic carbocycles. The highest BCUT2D eigenvalue weighted by atomic mass is 15.1. The van der Waals surface area contributed by atoms with Crippen molar-refractivity contribution in [3.05, 3.63) is 73.1 Å². The first-order chi connectivity index (χ1) is 9.43. The van der Waals surface area contributed by atoms with E-state index >= 15 is 0 Å². The molecule has 0 aliphatic rings. The highest BCUT2D eigenvalue weighted by Crippen LogP contribution is 2.19. The van der Waals surface area contributed by atoms with Gasteiger partial charge in [-0.3, -0.25) is 4.98 Å². The van der Waals surface area contributed by atoms with Gasteiger partial charge in [0.05, 0.1) is 29.9 Å². The molecule has 2 aromatic heterocycles. The molecule has 1 aromatic carbocycles. The molecular weight excluding hydrogens is 236 g/mol. The van der Waals surface area contributed by atoms with Gasteiger partial charge in [-0.15, -0.1) is 0 Å². The number of benzene rings is 1. The number of hydrogen-bond donors (Lipinski definition) is 1. The van der Waals surface area contributed by atoms with Crippen LogP contribution >= 0.6 is 0 Å². The second kappa shape index (κ2) is 5.35. The second-order valence-corrected chi connectivity index (χ2v) is 4.16. The molecule has 3 rings (SSSR count). The van der Waals surface area contributed by atoms with Crippen molar-refractivity contribution < 1.29 is 0 Å². The molecule has 19 heavy (non-hydrogen) atoms. The van der Waals surface area contributed by atoms with Crippen molar-refractivity contribution in [1.29, 1.82) is 0 Å². The van der Waals surface area contributed by atoms with Crippen molar-refractivity contribution in [3.63, 3.8) is 0 Å². The maximum atomic E-state index is 4.30. The minimum atomic E-state index is 0.701. The van der Waals surface area contributed by atoms with Gasteiger partial charge in [-0.05, 0) is 24.3 Å².